The Bertz CT molecular complexity index is 412. The average molecular weight is 167 g/mol. The van der Waals surface area contributed by atoms with Crippen LogP contribution in [0.1, 0.15) is 5.82 Å². The highest BCUT2D eigenvalue weighted by atomic mass is 19.1. The summed E-state index contributed by atoms with van der Waals surface area (Å²) in [5.41, 5.74) is 0.528. The molecule has 2 rings (SSSR count). The van der Waals surface area contributed by atoms with Crippen molar-refractivity contribution in [3.8, 4) is 0 Å². The first-order chi connectivity index (χ1) is 5.79. The number of aromatic nitrogens is 3. The Morgan fingerprint density at radius 2 is 2.33 bits per heavy atom. The third-order valence-electron chi connectivity index (χ3n) is 1.48. The van der Waals surface area contributed by atoms with Crippen LogP contribution < -0.4 is 0 Å². The van der Waals surface area contributed by atoms with E-state index in [0.29, 0.717) is 11.5 Å². The number of aliphatic hydroxyl groups excluding tert-OH is 1. The summed E-state index contributed by atoms with van der Waals surface area (Å²) in [6, 6.07) is 2.80. The molecule has 0 bridgehead atoms. The fourth-order valence-corrected chi connectivity index (χ4v) is 0.971. The molecular weight excluding hydrogens is 161 g/mol. The lowest BCUT2D eigenvalue weighted by Crippen LogP contribution is -1.89. The molecule has 0 spiro atoms. The molecule has 4 nitrogen and oxygen atoms in total. The molecular formula is C7H6FN3O. The van der Waals surface area contributed by atoms with Gasteiger partial charge in [0.15, 0.2) is 11.5 Å². The summed E-state index contributed by atoms with van der Waals surface area (Å²) in [6.07, 6.45) is 1.21. The van der Waals surface area contributed by atoms with E-state index in [1.807, 2.05) is 0 Å². The van der Waals surface area contributed by atoms with Gasteiger partial charge in [-0.1, -0.05) is 0 Å². The predicted molar refractivity (Wildman–Crippen MR) is 38.9 cm³/mol. The lowest BCUT2D eigenvalue weighted by atomic mass is 10.5. The monoisotopic (exact) mass is 167 g/mol. The molecule has 0 saturated carbocycles. The van der Waals surface area contributed by atoms with Crippen molar-refractivity contribution in [2.45, 2.75) is 6.61 Å². The zero-order valence-electron chi connectivity index (χ0n) is 6.11. The van der Waals surface area contributed by atoms with Crippen molar-refractivity contribution in [2.24, 2.45) is 0 Å². The third-order valence-corrected chi connectivity index (χ3v) is 1.48. The summed E-state index contributed by atoms with van der Waals surface area (Å²) >= 11 is 0. The summed E-state index contributed by atoms with van der Waals surface area (Å²) in [4.78, 5) is 3.91. The van der Waals surface area contributed by atoms with Crippen molar-refractivity contribution in [2.75, 3.05) is 0 Å². The van der Waals surface area contributed by atoms with E-state index in [2.05, 4.69) is 10.1 Å². The van der Waals surface area contributed by atoms with Crippen LogP contribution in [0.25, 0.3) is 5.65 Å². The van der Waals surface area contributed by atoms with Gasteiger partial charge in [0.2, 0.25) is 0 Å². The Hall–Kier alpha value is -1.49. The molecule has 0 saturated heterocycles. The van der Waals surface area contributed by atoms with Crippen molar-refractivity contribution in [1.82, 2.24) is 14.6 Å². The Morgan fingerprint density at radius 3 is 3.08 bits per heavy atom. The minimum absolute atomic E-state index is 0.233. The van der Waals surface area contributed by atoms with Crippen LogP contribution >= 0.6 is 0 Å². The number of hydrogen-bond donors (Lipinski definition) is 1. The van der Waals surface area contributed by atoms with Gasteiger partial charge in [-0.3, -0.25) is 0 Å². The van der Waals surface area contributed by atoms with Gasteiger partial charge in [0.25, 0.3) is 0 Å². The van der Waals surface area contributed by atoms with E-state index < -0.39 is 0 Å². The van der Waals surface area contributed by atoms with Crippen molar-refractivity contribution >= 4 is 5.65 Å². The second kappa shape index (κ2) is 2.53. The standard InChI is InChI=1S/C7H6FN3O/c8-5-1-2-7-9-6(4-12)10-11(7)3-5/h1-3,12H,4H2. The van der Waals surface area contributed by atoms with Gasteiger partial charge in [-0.2, -0.15) is 0 Å². The van der Waals surface area contributed by atoms with Crippen LogP contribution in [0.2, 0.25) is 0 Å². The Morgan fingerprint density at radius 1 is 1.50 bits per heavy atom. The third kappa shape index (κ3) is 1.04. The first kappa shape index (κ1) is 7.17. The van der Waals surface area contributed by atoms with Crippen molar-refractivity contribution < 1.29 is 9.50 Å². The molecule has 2 heterocycles. The van der Waals surface area contributed by atoms with Gasteiger partial charge in [-0.25, -0.2) is 13.9 Å². The number of rotatable bonds is 1. The maximum absolute atomic E-state index is 12.6. The largest absolute Gasteiger partial charge is 0.388 e. The fourth-order valence-electron chi connectivity index (χ4n) is 0.971. The van der Waals surface area contributed by atoms with Gasteiger partial charge >= 0.3 is 0 Å². The van der Waals surface area contributed by atoms with Gasteiger partial charge in [0.1, 0.15) is 12.4 Å². The molecule has 12 heavy (non-hydrogen) atoms. The molecule has 0 radical (unpaired) electrons. The summed E-state index contributed by atoms with van der Waals surface area (Å²) in [6.45, 7) is -0.233. The lowest BCUT2D eigenvalue weighted by molar-refractivity contribution is 0.271. The zero-order chi connectivity index (χ0) is 8.55. The van der Waals surface area contributed by atoms with Gasteiger partial charge in [-0.05, 0) is 12.1 Å². The van der Waals surface area contributed by atoms with Crippen molar-refractivity contribution in [3.63, 3.8) is 0 Å². The lowest BCUT2D eigenvalue weighted by Gasteiger charge is -1.88. The van der Waals surface area contributed by atoms with Gasteiger partial charge in [0.05, 0.1) is 6.20 Å². The number of aliphatic hydroxyl groups is 1. The quantitative estimate of drug-likeness (QED) is 0.667. The Kier molecular flexibility index (Phi) is 1.51. The summed E-state index contributed by atoms with van der Waals surface area (Å²) in [5.74, 6) is -0.0857. The highest BCUT2D eigenvalue weighted by Gasteiger charge is 2.01. The second-order valence-electron chi connectivity index (χ2n) is 2.34. The van der Waals surface area contributed by atoms with Crippen LogP contribution in [0.5, 0.6) is 0 Å². The van der Waals surface area contributed by atoms with E-state index in [4.69, 9.17) is 5.11 Å². The van der Waals surface area contributed by atoms with Crippen LogP contribution in [0.4, 0.5) is 4.39 Å². The maximum Gasteiger partial charge on any atom is 0.177 e. The van der Waals surface area contributed by atoms with E-state index in [-0.39, 0.29) is 12.4 Å². The highest BCUT2D eigenvalue weighted by Crippen LogP contribution is 2.02. The minimum Gasteiger partial charge on any atom is -0.388 e. The van der Waals surface area contributed by atoms with E-state index in [1.165, 1.54) is 22.8 Å². The van der Waals surface area contributed by atoms with Gasteiger partial charge in [0, 0.05) is 0 Å². The normalized spacial score (nSPS) is 10.8. The molecule has 0 aliphatic rings. The summed E-state index contributed by atoms with van der Waals surface area (Å²) < 4.78 is 13.9. The molecule has 2 aromatic rings. The number of pyridine rings is 1. The number of nitrogens with zero attached hydrogens (tertiary/aromatic N) is 3. The number of halogens is 1. The van der Waals surface area contributed by atoms with E-state index in [0.717, 1.165) is 0 Å². The highest BCUT2D eigenvalue weighted by molar-refractivity contribution is 5.36. The minimum atomic E-state index is -0.378. The van der Waals surface area contributed by atoms with Gasteiger partial charge < -0.3 is 5.11 Å². The number of hydrogen-bond acceptors (Lipinski definition) is 3. The van der Waals surface area contributed by atoms with E-state index in [9.17, 15) is 4.39 Å². The molecule has 0 amide bonds. The number of fused-ring (bicyclic) bond motifs is 1. The van der Waals surface area contributed by atoms with Crippen LogP contribution in [0, 0.1) is 5.82 Å². The molecule has 0 aliphatic carbocycles. The first-order valence-corrected chi connectivity index (χ1v) is 3.41. The van der Waals surface area contributed by atoms with E-state index >= 15 is 0 Å². The van der Waals surface area contributed by atoms with Crippen LogP contribution in [-0.2, 0) is 6.61 Å². The fraction of sp³-hybridized carbons (Fsp3) is 0.143. The zero-order valence-corrected chi connectivity index (χ0v) is 6.11. The predicted octanol–water partition coefficient (Wildman–Crippen LogP) is 0.361. The van der Waals surface area contributed by atoms with Crippen LogP contribution in [0.3, 0.4) is 0 Å². The molecule has 1 N–H and O–H groups in total. The molecule has 2 aromatic heterocycles. The SMILES string of the molecule is OCc1nc2ccc(F)cn2n1. The van der Waals surface area contributed by atoms with Crippen LogP contribution in [0.15, 0.2) is 18.3 Å². The van der Waals surface area contributed by atoms with E-state index in [1.54, 1.807) is 0 Å². The molecule has 0 aliphatic heterocycles. The second-order valence-corrected chi connectivity index (χ2v) is 2.34. The topological polar surface area (TPSA) is 50.4 Å². The molecule has 5 heteroatoms. The van der Waals surface area contributed by atoms with Crippen molar-refractivity contribution in [3.05, 3.63) is 30.0 Å². The molecule has 0 atom stereocenters. The first-order valence-electron chi connectivity index (χ1n) is 3.41. The molecule has 62 valence electrons. The molecule has 0 unspecified atom stereocenters. The average Bonchev–Trinajstić information content (AvgIpc) is 2.46. The van der Waals surface area contributed by atoms with Gasteiger partial charge in [-0.15, -0.1) is 5.10 Å². The smallest absolute Gasteiger partial charge is 0.177 e. The Labute approximate surface area is 67.3 Å². The Balaban J connectivity index is 2.67. The summed E-state index contributed by atoms with van der Waals surface area (Å²) in [7, 11) is 0. The van der Waals surface area contributed by atoms with Crippen molar-refractivity contribution in [1.29, 1.82) is 0 Å². The summed E-state index contributed by atoms with van der Waals surface area (Å²) in [5, 5.41) is 12.5. The molecule has 0 fully saturated rings. The maximum atomic E-state index is 12.6. The molecule has 0 aromatic carbocycles. The van der Waals surface area contributed by atoms with Crippen LogP contribution in [-0.4, -0.2) is 19.7 Å².